The highest BCUT2D eigenvalue weighted by Crippen LogP contribution is 2.18. The molecule has 0 amide bonds. The lowest BCUT2D eigenvalue weighted by Gasteiger charge is -2.09. The van der Waals surface area contributed by atoms with Gasteiger partial charge in [0.15, 0.2) is 0 Å². The molecule has 24 heavy (non-hydrogen) atoms. The maximum atomic E-state index is 8.84. The van der Waals surface area contributed by atoms with Crippen molar-refractivity contribution >= 4 is 16.6 Å². The highest BCUT2D eigenvalue weighted by Gasteiger charge is 2.00. The Hall–Kier alpha value is -2.39. The molecule has 0 fully saturated rings. The monoisotopic (exact) mass is 320 g/mol. The van der Waals surface area contributed by atoms with Crippen LogP contribution in [0.1, 0.15) is 30.4 Å². The largest absolute Gasteiger partial charge is 0.396 e. The van der Waals surface area contributed by atoms with Gasteiger partial charge in [0.1, 0.15) is 0 Å². The molecule has 0 radical (unpaired) electrons. The SMILES string of the molecule is OCCCCCc1cccc(CNc2ccc3ncccc3c2)c1. The number of hydrogen-bond acceptors (Lipinski definition) is 3. The Morgan fingerprint density at radius 3 is 2.71 bits per heavy atom. The molecular formula is C21H24N2O. The number of anilines is 1. The van der Waals surface area contributed by atoms with E-state index in [4.69, 9.17) is 5.11 Å². The summed E-state index contributed by atoms with van der Waals surface area (Å²) >= 11 is 0. The van der Waals surface area contributed by atoms with Crippen LogP contribution in [0.15, 0.2) is 60.8 Å². The zero-order valence-electron chi connectivity index (χ0n) is 13.9. The Kier molecular flexibility index (Phi) is 5.80. The summed E-state index contributed by atoms with van der Waals surface area (Å²) in [6, 6.07) is 19.1. The van der Waals surface area contributed by atoms with Crippen LogP contribution >= 0.6 is 0 Å². The minimum absolute atomic E-state index is 0.297. The molecule has 3 aromatic rings. The number of nitrogens with zero attached hydrogens (tertiary/aromatic N) is 1. The second kappa shape index (κ2) is 8.46. The summed E-state index contributed by atoms with van der Waals surface area (Å²) in [5.74, 6) is 0. The lowest BCUT2D eigenvalue weighted by molar-refractivity contribution is 0.283. The fourth-order valence-electron chi connectivity index (χ4n) is 2.90. The van der Waals surface area contributed by atoms with Crippen LogP contribution in [0.2, 0.25) is 0 Å². The number of aliphatic hydroxyl groups excluding tert-OH is 1. The van der Waals surface area contributed by atoms with Gasteiger partial charge in [-0.3, -0.25) is 4.98 Å². The van der Waals surface area contributed by atoms with E-state index in [9.17, 15) is 0 Å². The third kappa shape index (κ3) is 4.56. The van der Waals surface area contributed by atoms with E-state index in [-0.39, 0.29) is 0 Å². The molecule has 0 atom stereocenters. The second-order valence-electron chi connectivity index (χ2n) is 6.12. The first-order chi connectivity index (χ1) is 11.8. The van der Waals surface area contributed by atoms with Crippen molar-refractivity contribution in [2.24, 2.45) is 0 Å². The summed E-state index contributed by atoms with van der Waals surface area (Å²) in [7, 11) is 0. The van der Waals surface area contributed by atoms with Crippen LogP contribution in [0.3, 0.4) is 0 Å². The third-order valence-corrected chi connectivity index (χ3v) is 4.21. The lowest BCUT2D eigenvalue weighted by atomic mass is 10.0. The fraction of sp³-hybridized carbons (Fsp3) is 0.286. The minimum Gasteiger partial charge on any atom is -0.396 e. The molecule has 0 aliphatic carbocycles. The number of unbranched alkanes of at least 4 members (excludes halogenated alkanes) is 2. The standard InChI is InChI=1S/C21H24N2O/c24-13-3-1-2-6-17-7-4-8-18(14-17)16-23-20-10-11-21-19(15-20)9-5-12-22-21/h4-5,7-12,14-15,23-24H,1-3,6,13,16H2. The highest BCUT2D eigenvalue weighted by atomic mass is 16.2. The molecule has 3 rings (SSSR count). The Labute approximate surface area is 143 Å². The van der Waals surface area contributed by atoms with Gasteiger partial charge in [0.2, 0.25) is 0 Å². The number of aromatic nitrogens is 1. The second-order valence-corrected chi connectivity index (χ2v) is 6.12. The lowest BCUT2D eigenvalue weighted by Crippen LogP contribution is -2.00. The normalized spacial score (nSPS) is 10.9. The third-order valence-electron chi connectivity index (χ3n) is 4.21. The van der Waals surface area contributed by atoms with Crippen LogP contribution < -0.4 is 5.32 Å². The smallest absolute Gasteiger partial charge is 0.0703 e. The first-order valence-electron chi connectivity index (χ1n) is 8.62. The minimum atomic E-state index is 0.297. The number of aryl methyl sites for hydroxylation is 1. The molecule has 124 valence electrons. The molecular weight excluding hydrogens is 296 g/mol. The Bertz CT molecular complexity index is 785. The van der Waals surface area contributed by atoms with Gasteiger partial charge in [0.05, 0.1) is 5.52 Å². The molecule has 3 heteroatoms. The number of pyridine rings is 1. The zero-order chi connectivity index (χ0) is 16.6. The molecule has 0 saturated carbocycles. The predicted octanol–water partition coefficient (Wildman–Crippen LogP) is 4.55. The molecule has 0 unspecified atom stereocenters. The number of benzene rings is 2. The van der Waals surface area contributed by atoms with Crippen LogP contribution in [0, 0.1) is 0 Å². The highest BCUT2D eigenvalue weighted by molar-refractivity contribution is 5.82. The van der Waals surface area contributed by atoms with Gasteiger partial charge in [0.25, 0.3) is 0 Å². The maximum absolute atomic E-state index is 8.84. The first-order valence-corrected chi connectivity index (χ1v) is 8.62. The molecule has 2 N–H and O–H groups in total. The summed E-state index contributed by atoms with van der Waals surface area (Å²) in [4.78, 5) is 4.35. The summed E-state index contributed by atoms with van der Waals surface area (Å²) in [6.07, 6.45) is 6.02. The fourth-order valence-corrected chi connectivity index (χ4v) is 2.90. The van der Waals surface area contributed by atoms with Gasteiger partial charge in [-0.25, -0.2) is 0 Å². The van der Waals surface area contributed by atoms with Crippen molar-refractivity contribution in [2.45, 2.75) is 32.2 Å². The van der Waals surface area contributed by atoms with Gasteiger partial charge in [-0.2, -0.15) is 0 Å². The topological polar surface area (TPSA) is 45.1 Å². The molecule has 0 saturated heterocycles. The van der Waals surface area contributed by atoms with E-state index in [0.717, 1.165) is 48.8 Å². The number of hydrogen-bond donors (Lipinski definition) is 2. The van der Waals surface area contributed by atoms with Crippen molar-refractivity contribution in [1.82, 2.24) is 4.98 Å². The van der Waals surface area contributed by atoms with E-state index < -0.39 is 0 Å². The van der Waals surface area contributed by atoms with E-state index in [2.05, 4.69) is 58.8 Å². The van der Waals surface area contributed by atoms with Gasteiger partial charge in [-0.15, -0.1) is 0 Å². The number of aliphatic hydroxyl groups is 1. The van der Waals surface area contributed by atoms with E-state index in [1.807, 2.05) is 12.3 Å². The van der Waals surface area contributed by atoms with Gasteiger partial charge < -0.3 is 10.4 Å². The Morgan fingerprint density at radius 2 is 1.79 bits per heavy atom. The number of rotatable bonds is 8. The summed E-state index contributed by atoms with van der Waals surface area (Å²) in [6.45, 7) is 1.11. The zero-order valence-corrected chi connectivity index (χ0v) is 13.9. The Morgan fingerprint density at radius 1 is 0.875 bits per heavy atom. The number of nitrogens with one attached hydrogen (secondary N) is 1. The van der Waals surface area contributed by atoms with Gasteiger partial charge in [-0.05, 0) is 54.7 Å². The molecule has 0 aliphatic heterocycles. The van der Waals surface area contributed by atoms with Crippen molar-refractivity contribution in [1.29, 1.82) is 0 Å². The summed E-state index contributed by atoms with van der Waals surface area (Å²) in [5.41, 5.74) is 4.80. The van der Waals surface area contributed by atoms with Crippen molar-refractivity contribution in [3.63, 3.8) is 0 Å². The molecule has 1 aromatic heterocycles. The van der Waals surface area contributed by atoms with E-state index in [1.165, 1.54) is 11.1 Å². The molecule has 0 spiro atoms. The van der Waals surface area contributed by atoms with Gasteiger partial charge in [0, 0.05) is 30.4 Å². The molecule has 0 bridgehead atoms. The van der Waals surface area contributed by atoms with Crippen LogP contribution in [-0.4, -0.2) is 16.7 Å². The molecule has 1 heterocycles. The van der Waals surface area contributed by atoms with Gasteiger partial charge in [-0.1, -0.05) is 36.8 Å². The quantitative estimate of drug-likeness (QED) is 0.598. The predicted molar refractivity (Wildman–Crippen MR) is 100 cm³/mol. The number of fused-ring (bicyclic) bond motifs is 1. The van der Waals surface area contributed by atoms with Crippen LogP contribution in [0.25, 0.3) is 10.9 Å². The van der Waals surface area contributed by atoms with Gasteiger partial charge >= 0.3 is 0 Å². The van der Waals surface area contributed by atoms with Crippen LogP contribution in [0.5, 0.6) is 0 Å². The average molecular weight is 320 g/mol. The summed E-state index contributed by atoms with van der Waals surface area (Å²) in [5, 5.41) is 13.5. The van der Waals surface area contributed by atoms with Crippen LogP contribution in [0.4, 0.5) is 5.69 Å². The van der Waals surface area contributed by atoms with E-state index >= 15 is 0 Å². The molecule has 0 aliphatic rings. The van der Waals surface area contributed by atoms with Crippen molar-refractivity contribution in [3.05, 3.63) is 71.9 Å². The molecule has 3 nitrogen and oxygen atoms in total. The van der Waals surface area contributed by atoms with Crippen molar-refractivity contribution in [3.8, 4) is 0 Å². The molecule has 2 aromatic carbocycles. The van der Waals surface area contributed by atoms with Crippen molar-refractivity contribution < 1.29 is 5.11 Å². The average Bonchev–Trinajstić information content (AvgIpc) is 2.64. The first kappa shape index (κ1) is 16.5. The Balaban J connectivity index is 1.59. The van der Waals surface area contributed by atoms with E-state index in [0.29, 0.717) is 6.61 Å². The van der Waals surface area contributed by atoms with Crippen LogP contribution in [-0.2, 0) is 13.0 Å². The van der Waals surface area contributed by atoms with E-state index in [1.54, 1.807) is 0 Å². The summed E-state index contributed by atoms with van der Waals surface area (Å²) < 4.78 is 0. The maximum Gasteiger partial charge on any atom is 0.0703 e. The van der Waals surface area contributed by atoms with Crippen molar-refractivity contribution in [2.75, 3.05) is 11.9 Å².